The van der Waals surface area contributed by atoms with Crippen LogP contribution in [0.1, 0.15) is 22.3 Å². The second-order valence-corrected chi connectivity index (χ2v) is 24.3. The van der Waals surface area contributed by atoms with Gasteiger partial charge in [-0.05, 0) is 119 Å². The molecular weight excluding hydrogens is 2060 g/mol. The largest absolute Gasteiger partial charge is 2.00 e. The fourth-order valence-electron chi connectivity index (χ4n) is 11.4. The van der Waals surface area contributed by atoms with E-state index in [1.165, 1.54) is 22.3 Å². The molecule has 20 heteroatoms. The van der Waals surface area contributed by atoms with Crippen molar-refractivity contribution in [2.45, 2.75) is 32.8 Å². The summed E-state index contributed by atoms with van der Waals surface area (Å²) in [6.45, 7) is 9.50. The van der Waals surface area contributed by atoms with E-state index in [9.17, 15) is 0 Å². The Morgan fingerprint density at radius 2 is 0.591 bits per heavy atom. The minimum absolute atomic E-state index is 0. The first-order chi connectivity index (χ1) is 52.5. The van der Waals surface area contributed by atoms with Gasteiger partial charge < -0.3 is 53.6 Å². The van der Waals surface area contributed by atoms with Gasteiger partial charge in [0.2, 0.25) is 19.3 Å². The Hall–Kier alpha value is -10.1. The molecule has 0 bridgehead atoms. The van der Waals surface area contributed by atoms with E-state index >= 15 is 0 Å². The van der Waals surface area contributed by atoms with Crippen molar-refractivity contribution in [3.63, 3.8) is 0 Å². The zero-order valence-corrected chi connectivity index (χ0v) is 70.4. The van der Waals surface area contributed by atoms with Crippen molar-refractivity contribution in [2.75, 3.05) is 6.67 Å². The van der Waals surface area contributed by atoms with Crippen LogP contribution in [0.4, 0.5) is 0 Å². The van der Waals surface area contributed by atoms with Crippen LogP contribution in [0.15, 0.2) is 384 Å². The van der Waals surface area contributed by atoms with E-state index in [1.807, 2.05) is 182 Å². The average Bonchev–Trinajstić information content (AvgIpc) is 1.25. The summed E-state index contributed by atoms with van der Waals surface area (Å²) in [5.74, 6) is 0. The van der Waals surface area contributed by atoms with Crippen LogP contribution in [-0.2, 0) is 93.8 Å². The molecule has 2 aliphatic heterocycles. The monoisotopic (exact) mass is 2130 g/mol. The molecule has 0 atom stereocenters. The van der Waals surface area contributed by atoms with Gasteiger partial charge in [0.25, 0.3) is 0 Å². The number of hydrogen-bond acceptors (Lipinski definition) is 10. The summed E-state index contributed by atoms with van der Waals surface area (Å²) in [6.07, 6.45) is 26.6. The smallest absolute Gasteiger partial charge is 0.295 e. The van der Waals surface area contributed by atoms with Crippen molar-refractivity contribution in [2.24, 2.45) is 0 Å². The molecular formula is C90H77Br2ClN14Pt3. The number of rotatable bonds is 18. The van der Waals surface area contributed by atoms with Crippen LogP contribution in [-0.4, -0.2) is 65.3 Å². The van der Waals surface area contributed by atoms with Gasteiger partial charge in [-0.25, -0.2) is 9.13 Å². The van der Waals surface area contributed by atoms with Crippen molar-refractivity contribution in [1.29, 1.82) is 0 Å². The molecule has 10 heterocycles. The number of benzene rings is 7. The molecule has 0 fully saturated rings. The zero-order chi connectivity index (χ0) is 72.4. The minimum atomic E-state index is 0. The number of aromatic nitrogens is 10. The van der Waals surface area contributed by atoms with E-state index in [1.54, 1.807) is 37.4 Å². The zero-order valence-electron chi connectivity index (χ0n) is 59.6. The number of nitrogens with zero attached hydrogens (tertiary/aromatic N) is 14. The van der Waals surface area contributed by atoms with Crippen LogP contribution < -0.4 is 43.1 Å². The molecule has 0 amide bonds. The summed E-state index contributed by atoms with van der Waals surface area (Å²) in [6, 6.07) is 110. The Balaban J connectivity index is 0.000000172. The van der Waals surface area contributed by atoms with Crippen molar-refractivity contribution >= 4 is 9.42 Å². The number of pyridine rings is 6. The number of hydrogen-bond donors (Lipinski definition) is 0. The topological polar surface area (TPSA) is 108 Å². The molecule has 0 saturated heterocycles. The van der Waals surface area contributed by atoms with Gasteiger partial charge >= 0.3 is 70.3 Å². The maximum Gasteiger partial charge on any atom is 2.00 e. The Bertz CT molecular complexity index is 4490. The Morgan fingerprint density at radius 3 is 0.891 bits per heavy atom. The quantitative estimate of drug-likeness (QED) is 0.0609. The maximum absolute atomic E-state index is 4.62. The fraction of sp³-hybridized carbons (Fsp3) is 0.0667. The molecule has 7 aromatic carbocycles. The molecule has 0 aliphatic carbocycles. The van der Waals surface area contributed by atoms with Gasteiger partial charge in [0.1, 0.15) is 37.9 Å². The molecule has 558 valence electrons. The van der Waals surface area contributed by atoms with Crippen molar-refractivity contribution in [3.05, 3.63) is 438 Å². The molecule has 8 aromatic heterocycles. The summed E-state index contributed by atoms with van der Waals surface area (Å²) in [5.41, 5.74) is 16.3. The summed E-state index contributed by atoms with van der Waals surface area (Å²) >= 11 is 1.61. The van der Waals surface area contributed by atoms with Gasteiger partial charge in [-0.15, -0.1) is 108 Å². The SMILES string of the molecule is C1=CN(CN2C=CN(Cc3ccccc3)[CH-]2)[CH-]N1Cc1ccccc1.[Br-].[Br-].[Cl][Pt+].[Pt+2].[Pt+2].[c-]1ccccc1-c1cccc(-c2ccccn2)n1.[c-]1ccccc1-c1cccc(-c2ccccn2)n1.[c-]1ccccc1-c1cccc(-c2ccccn2)n1.c1ccc(Cn2cc[n+](C[n+]3ccn(Cc4ccccc4)c3)c2)cc1. The van der Waals surface area contributed by atoms with Crippen molar-refractivity contribution < 1.29 is 104 Å². The number of imidazole rings is 2. The summed E-state index contributed by atoms with van der Waals surface area (Å²) < 4.78 is 8.79. The molecule has 0 spiro atoms. The minimum Gasteiger partial charge on any atom is -0.295 e. The predicted molar refractivity (Wildman–Crippen MR) is 416 cm³/mol. The Kier molecular flexibility index (Phi) is 36.5. The van der Waals surface area contributed by atoms with Crippen LogP contribution in [0.25, 0.3) is 67.9 Å². The average molecular weight is 2140 g/mol. The first kappa shape index (κ1) is 85.5. The van der Waals surface area contributed by atoms with Gasteiger partial charge in [0.05, 0.1) is 34.2 Å². The summed E-state index contributed by atoms with van der Waals surface area (Å²) in [4.78, 5) is 35.6. The second-order valence-electron chi connectivity index (χ2n) is 24.3. The molecule has 110 heavy (non-hydrogen) atoms. The molecule has 2 aliphatic rings. The molecule has 15 aromatic rings. The summed E-state index contributed by atoms with van der Waals surface area (Å²) in [7, 11) is 4.61. The molecule has 0 saturated carbocycles. The van der Waals surface area contributed by atoms with Gasteiger partial charge in [0, 0.05) is 38.3 Å². The Labute approximate surface area is 710 Å². The summed E-state index contributed by atoms with van der Waals surface area (Å²) in [5, 5.41) is 0. The van der Waals surface area contributed by atoms with Crippen molar-refractivity contribution in [1.82, 2.24) is 58.6 Å². The first-order valence-corrected chi connectivity index (χ1v) is 37.4. The van der Waals surface area contributed by atoms with E-state index in [2.05, 4.69) is 292 Å². The van der Waals surface area contributed by atoms with E-state index in [4.69, 9.17) is 0 Å². The van der Waals surface area contributed by atoms with E-state index < -0.39 is 0 Å². The molecule has 0 unspecified atom stereocenters. The first-order valence-electron chi connectivity index (χ1n) is 34.5. The third-order valence-corrected chi connectivity index (χ3v) is 16.5. The van der Waals surface area contributed by atoms with Crippen LogP contribution >= 0.6 is 9.42 Å². The fourth-order valence-corrected chi connectivity index (χ4v) is 11.4. The molecule has 14 nitrogen and oxygen atoms in total. The van der Waals surface area contributed by atoms with E-state index in [0.29, 0.717) is 0 Å². The second kappa shape index (κ2) is 47.0. The van der Waals surface area contributed by atoms with Gasteiger partial charge in [-0.2, -0.15) is 22.5 Å². The third-order valence-electron chi connectivity index (χ3n) is 16.5. The van der Waals surface area contributed by atoms with Gasteiger partial charge in [-0.1, -0.05) is 176 Å². The van der Waals surface area contributed by atoms with E-state index in [-0.39, 0.29) is 76.1 Å². The van der Waals surface area contributed by atoms with Crippen molar-refractivity contribution in [3.8, 4) is 67.9 Å². The van der Waals surface area contributed by atoms with Gasteiger partial charge in [0.15, 0.2) is 0 Å². The number of halogens is 3. The third kappa shape index (κ3) is 27.2. The predicted octanol–water partition coefficient (Wildman–Crippen LogP) is 11.7. The standard InChI is InChI=1S/2C21H22N4.3C16H11N2.2BrH.ClH.3Pt/c2*1-3-7-20(8-4-1)15-22-11-13-24(17-22)19-25-14-12-23(18-25)16-21-9-5-2-6-10-21;3*1-2-7-13(8-3-1)14-10-6-11-16(18-14)15-9-4-5-12-17-15;;;;;;/h2*1-14,17-18H,15-16,19H2;3*1-7,9-12H;3*1H;;;/q-2;+2;3*-1;;;;3*+2/p-3. The van der Waals surface area contributed by atoms with Crippen LogP contribution in [0.3, 0.4) is 0 Å². The Morgan fingerprint density at radius 1 is 0.309 bits per heavy atom. The van der Waals surface area contributed by atoms with Crippen LogP contribution in [0.5, 0.6) is 0 Å². The normalized spacial score (nSPS) is 11.3. The molecule has 17 rings (SSSR count). The van der Waals surface area contributed by atoms with Crippen LogP contribution in [0, 0.1) is 31.5 Å². The molecule has 0 N–H and O–H groups in total. The van der Waals surface area contributed by atoms with E-state index in [0.717, 1.165) is 107 Å². The van der Waals surface area contributed by atoms with Gasteiger partial charge in [-0.3, -0.25) is 29.9 Å². The van der Waals surface area contributed by atoms with Crippen LogP contribution in [0.2, 0.25) is 0 Å². The maximum atomic E-state index is 4.62. The molecule has 0 radical (unpaired) electrons.